The lowest BCUT2D eigenvalue weighted by Crippen LogP contribution is -2.30. The maximum Gasteiger partial charge on any atom is 0.349 e. The first kappa shape index (κ1) is 36.5. The Hall–Kier alpha value is -2.74. The number of carbonyl (C=O) groups excluding carboxylic acids is 2. The standard InChI is InChI=1S/C33H47ClN2O7/c1-25(13-19-41-22-21-40-18-8-6-5-7-14-34)29-30(38)31(29)42-20-16-36(15-17-37)28-11-9-26(10-12-28)23-27(24-35)32(39)43-33(2,3)4/h9-12,23,29,31,37H,1,5-8,13-22H2,2-4H3/b27-23+. The SMILES string of the molecule is C=C(CCOCCOCCCCCCCl)C1C(=O)C1OCCN(CCO)c1ccc(/C=C(\C#N)C(=O)OC(C)(C)C)cc1. The summed E-state index contributed by atoms with van der Waals surface area (Å²) < 4.78 is 22.3. The Morgan fingerprint density at radius 1 is 1.05 bits per heavy atom. The summed E-state index contributed by atoms with van der Waals surface area (Å²) >= 11 is 5.67. The van der Waals surface area contributed by atoms with Gasteiger partial charge in [0.05, 0.1) is 39.0 Å². The van der Waals surface area contributed by atoms with Gasteiger partial charge in [-0.1, -0.05) is 37.1 Å². The zero-order valence-electron chi connectivity index (χ0n) is 25.8. The quantitative estimate of drug-likeness (QED) is 0.0473. The maximum atomic E-state index is 12.3. The fraction of sp³-hybridized carbons (Fsp3) is 0.606. The molecule has 1 aromatic rings. The van der Waals surface area contributed by atoms with E-state index < -0.39 is 17.7 Å². The smallest absolute Gasteiger partial charge is 0.349 e. The van der Waals surface area contributed by atoms with E-state index in [-0.39, 0.29) is 23.9 Å². The number of ketones is 1. The molecule has 0 heterocycles. The first-order valence-electron chi connectivity index (χ1n) is 15.0. The molecule has 2 rings (SSSR count). The molecule has 1 aliphatic rings. The number of hydrogen-bond donors (Lipinski definition) is 1. The van der Waals surface area contributed by atoms with Crippen molar-refractivity contribution in [2.45, 2.75) is 64.6 Å². The minimum absolute atomic E-state index is 0.0330. The van der Waals surface area contributed by atoms with E-state index in [1.807, 2.05) is 23.1 Å². The first-order chi connectivity index (χ1) is 20.6. The van der Waals surface area contributed by atoms with Crippen LogP contribution in [0.25, 0.3) is 6.08 Å². The molecule has 1 fully saturated rings. The molecular weight excluding hydrogens is 572 g/mol. The topological polar surface area (TPSA) is 118 Å². The summed E-state index contributed by atoms with van der Waals surface area (Å²) in [6.45, 7) is 12.7. The molecule has 2 unspecified atom stereocenters. The van der Waals surface area contributed by atoms with E-state index >= 15 is 0 Å². The number of alkyl halides is 1. The lowest BCUT2D eigenvalue weighted by molar-refractivity contribution is -0.149. The molecule has 238 valence electrons. The van der Waals surface area contributed by atoms with E-state index in [1.165, 1.54) is 6.08 Å². The summed E-state index contributed by atoms with van der Waals surface area (Å²) in [5.74, 6) is -0.230. The zero-order chi connectivity index (χ0) is 31.7. The van der Waals surface area contributed by atoms with Crippen LogP contribution >= 0.6 is 11.6 Å². The molecule has 0 spiro atoms. The van der Waals surface area contributed by atoms with Crippen LogP contribution in [0.4, 0.5) is 5.69 Å². The molecular formula is C33H47ClN2O7. The van der Waals surface area contributed by atoms with Crippen LogP contribution in [-0.4, -0.2) is 87.2 Å². The van der Waals surface area contributed by atoms with Crippen LogP contribution in [0.1, 0.15) is 58.4 Å². The number of rotatable bonds is 22. The lowest BCUT2D eigenvalue weighted by Gasteiger charge is -2.24. The molecule has 9 nitrogen and oxygen atoms in total. The summed E-state index contributed by atoms with van der Waals surface area (Å²) in [6.07, 6.45) is 5.92. The third-order valence-electron chi connectivity index (χ3n) is 6.67. The largest absolute Gasteiger partial charge is 0.456 e. The monoisotopic (exact) mass is 618 g/mol. The molecule has 0 amide bonds. The number of hydrogen-bond acceptors (Lipinski definition) is 9. The summed E-state index contributed by atoms with van der Waals surface area (Å²) in [7, 11) is 0. The van der Waals surface area contributed by atoms with Crippen molar-refractivity contribution in [2.24, 2.45) is 5.92 Å². The number of Topliss-reactive ketones (excluding diaryl/α,β-unsaturated/α-hetero) is 1. The van der Waals surface area contributed by atoms with Crippen LogP contribution in [0.2, 0.25) is 0 Å². The number of benzene rings is 1. The summed E-state index contributed by atoms with van der Waals surface area (Å²) in [5.41, 5.74) is 1.53. The van der Waals surface area contributed by atoms with Gasteiger partial charge in [0.1, 0.15) is 23.3 Å². The van der Waals surface area contributed by atoms with Crippen molar-refractivity contribution in [3.63, 3.8) is 0 Å². The summed E-state index contributed by atoms with van der Waals surface area (Å²) in [6, 6.07) is 9.14. The van der Waals surface area contributed by atoms with Gasteiger partial charge >= 0.3 is 5.97 Å². The van der Waals surface area contributed by atoms with Crippen molar-refractivity contribution >= 4 is 35.1 Å². The van der Waals surface area contributed by atoms with Gasteiger partial charge in [0.25, 0.3) is 0 Å². The highest BCUT2D eigenvalue weighted by Gasteiger charge is 2.51. The molecule has 0 radical (unpaired) electrons. The van der Waals surface area contributed by atoms with Crippen LogP contribution in [0.15, 0.2) is 42.0 Å². The number of nitrogens with zero attached hydrogens (tertiary/aromatic N) is 2. The number of aliphatic hydroxyl groups excluding tert-OH is 1. The van der Waals surface area contributed by atoms with Gasteiger partial charge in [0.15, 0.2) is 5.78 Å². The van der Waals surface area contributed by atoms with Crippen LogP contribution in [0, 0.1) is 17.2 Å². The van der Waals surface area contributed by atoms with E-state index in [9.17, 15) is 20.0 Å². The Morgan fingerprint density at radius 3 is 2.35 bits per heavy atom. The molecule has 1 aliphatic carbocycles. The predicted molar refractivity (Wildman–Crippen MR) is 168 cm³/mol. The van der Waals surface area contributed by atoms with Crippen molar-refractivity contribution in [3.05, 3.63) is 47.6 Å². The number of aliphatic hydroxyl groups is 1. The van der Waals surface area contributed by atoms with Crippen LogP contribution < -0.4 is 4.90 Å². The molecule has 10 heteroatoms. The van der Waals surface area contributed by atoms with Gasteiger partial charge in [-0.3, -0.25) is 4.79 Å². The highest BCUT2D eigenvalue weighted by Crippen LogP contribution is 2.36. The Labute approximate surface area is 261 Å². The van der Waals surface area contributed by atoms with Crippen molar-refractivity contribution < 1.29 is 33.6 Å². The molecule has 1 saturated carbocycles. The number of ether oxygens (including phenoxy) is 4. The minimum atomic E-state index is -0.698. The zero-order valence-corrected chi connectivity index (χ0v) is 26.6. The molecule has 0 saturated heterocycles. The van der Waals surface area contributed by atoms with Gasteiger partial charge in [0, 0.05) is 31.3 Å². The van der Waals surface area contributed by atoms with Crippen molar-refractivity contribution in [1.82, 2.24) is 0 Å². The Kier molecular flexibility index (Phi) is 16.5. The van der Waals surface area contributed by atoms with Crippen molar-refractivity contribution in [1.29, 1.82) is 5.26 Å². The molecule has 0 bridgehead atoms. The van der Waals surface area contributed by atoms with Gasteiger partial charge in [-0.2, -0.15) is 5.26 Å². The normalized spacial score (nSPS) is 16.6. The Balaban J connectivity index is 1.72. The number of halogens is 1. The van der Waals surface area contributed by atoms with Crippen molar-refractivity contribution in [3.8, 4) is 6.07 Å². The minimum Gasteiger partial charge on any atom is -0.456 e. The predicted octanol–water partition coefficient (Wildman–Crippen LogP) is 5.10. The fourth-order valence-corrected chi connectivity index (χ4v) is 4.53. The molecule has 1 aromatic carbocycles. The van der Waals surface area contributed by atoms with E-state index in [0.29, 0.717) is 57.4 Å². The van der Waals surface area contributed by atoms with Crippen LogP contribution in [-0.2, 0) is 28.5 Å². The second-order valence-corrected chi connectivity index (χ2v) is 11.8. The van der Waals surface area contributed by atoms with Gasteiger partial charge in [0.2, 0.25) is 0 Å². The Bertz CT molecular complexity index is 1090. The third-order valence-corrected chi connectivity index (χ3v) is 6.94. The number of nitriles is 1. The third kappa shape index (κ3) is 14.1. The summed E-state index contributed by atoms with van der Waals surface area (Å²) in [5, 5.41) is 19.0. The van der Waals surface area contributed by atoms with E-state index in [2.05, 4.69) is 6.58 Å². The second-order valence-electron chi connectivity index (χ2n) is 11.4. The highest BCUT2D eigenvalue weighted by molar-refractivity contribution is 6.17. The molecule has 0 aliphatic heterocycles. The second kappa shape index (κ2) is 19.5. The molecule has 1 N–H and O–H groups in total. The van der Waals surface area contributed by atoms with Crippen LogP contribution in [0.5, 0.6) is 0 Å². The Morgan fingerprint density at radius 2 is 1.72 bits per heavy atom. The molecule has 43 heavy (non-hydrogen) atoms. The van der Waals surface area contributed by atoms with Gasteiger partial charge in [-0.25, -0.2) is 4.79 Å². The highest BCUT2D eigenvalue weighted by atomic mass is 35.5. The van der Waals surface area contributed by atoms with Gasteiger partial charge < -0.3 is 29.0 Å². The average Bonchev–Trinajstić information content (AvgIpc) is 3.62. The number of carbonyl (C=O) groups is 2. The van der Waals surface area contributed by atoms with Crippen molar-refractivity contribution in [2.75, 3.05) is 63.5 Å². The van der Waals surface area contributed by atoms with E-state index in [4.69, 9.17) is 30.5 Å². The molecule has 2 atom stereocenters. The molecule has 0 aromatic heterocycles. The van der Waals surface area contributed by atoms with E-state index in [0.717, 1.165) is 43.6 Å². The number of esters is 1. The first-order valence-corrected chi connectivity index (χ1v) is 15.5. The lowest BCUT2D eigenvalue weighted by atomic mass is 10.1. The van der Waals surface area contributed by atoms with E-state index in [1.54, 1.807) is 32.9 Å². The van der Waals surface area contributed by atoms with Gasteiger partial charge in [-0.05, 0) is 63.8 Å². The fourth-order valence-electron chi connectivity index (χ4n) is 4.34. The maximum absolute atomic E-state index is 12.3. The number of anilines is 1. The van der Waals surface area contributed by atoms with Gasteiger partial charge in [-0.15, -0.1) is 11.6 Å². The summed E-state index contributed by atoms with van der Waals surface area (Å²) in [4.78, 5) is 26.5. The number of unbranched alkanes of at least 4 members (excludes halogenated alkanes) is 3. The average molecular weight is 619 g/mol. The van der Waals surface area contributed by atoms with Crippen LogP contribution in [0.3, 0.4) is 0 Å².